The Morgan fingerprint density at radius 3 is 2.73 bits per heavy atom. The van der Waals surface area contributed by atoms with Gasteiger partial charge in [0.05, 0.1) is 24.1 Å². The van der Waals surface area contributed by atoms with Crippen LogP contribution in [0.2, 0.25) is 0 Å². The molecule has 4 amide bonds. The number of rotatable bonds is 4. The summed E-state index contributed by atoms with van der Waals surface area (Å²) < 4.78 is 5.38. The zero-order valence-electron chi connectivity index (χ0n) is 18.5. The Bertz CT molecular complexity index is 1340. The number of aromatic amines is 1. The number of ether oxygens (including phenoxy) is 1. The van der Waals surface area contributed by atoms with Gasteiger partial charge in [0.2, 0.25) is 0 Å². The number of imide groups is 1. The lowest BCUT2D eigenvalue weighted by atomic mass is 9.87. The van der Waals surface area contributed by atoms with E-state index in [1.165, 1.54) is 4.90 Å². The lowest BCUT2D eigenvalue weighted by Gasteiger charge is -2.35. The molecule has 8 heteroatoms. The second kappa shape index (κ2) is 6.84. The number of urea groups is 1. The van der Waals surface area contributed by atoms with Crippen molar-refractivity contribution in [1.82, 2.24) is 15.2 Å². The van der Waals surface area contributed by atoms with Crippen molar-refractivity contribution in [3.63, 3.8) is 0 Å². The van der Waals surface area contributed by atoms with Crippen LogP contribution in [0, 0.1) is 0 Å². The average molecular weight is 444 g/mol. The molecule has 8 nitrogen and oxygen atoms in total. The molecule has 1 aliphatic carbocycles. The predicted octanol–water partition coefficient (Wildman–Crippen LogP) is 3.31. The van der Waals surface area contributed by atoms with Gasteiger partial charge >= 0.3 is 6.03 Å². The fourth-order valence-electron chi connectivity index (χ4n) is 5.11. The van der Waals surface area contributed by atoms with Gasteiger partial charge in [0.25, 0.3) is 11.8 Å². The number of carbonyl (C=O) groups excluding carboxylic acids is 3. The summed E-state index contributed by atoms with van der Waals surface area (Å²) in [6.45, 7) is 2.19. The largest absolute Gasteiger partial charge is 0.497 e. The van der Waals surface area contributed by atoms with Crippen LogP contribution < -0.4 is 15.0 Å². The smallest absolute Gasteiger partial charge is 0.332 e. The molecule has 6 rings (SSSR count). The standard InChI is InChI=1S/C25H24N4O4/c1-25-21-16(18-13-15(33-2)9-10-19(18)27-21)11-12-28(25)24(32)29(23(25)31)20-6-4-3-5-17(20)22(30)26-14-7-8-14/h3-6,9-10,13-14,27H,7-8,11-12H2,1-2H3,(H,26,30)/t25-/m0/s1. The Labute approximate surface area is 190 Å². The molecule has 2 N–H and O–H groups in total. The molecule has 3 heterocycles. The molecule has 0 unspecified atom stereocenters. The van der Waals surface area contributed by atoms with E-state index in [0.717, 1.165) is 40.8 Å². The van der Waals surface area contributed by atoms with E-state index in [2.05, 4.69) is 10.3 Å². The van der Waals surface area contributed by atoms with Crippen LogP contribution in [0.1, 0.15) is 41.4 Å². The number of para-hydroxylation sites is 1. The van der Waals surface area contributed by atoms with Gasteiger partial charge in [-0.3, -0.25) is 9.59 Å². The highest BCUT2D eigenvalue weighted by molar-refractivity contribution is 6.25. The monoisotopic (exact) mass is 444 g/mol. The second-order valence-corrected chi connectivity index (χ2v) is 9.05. The highest BCUT2D eigenvalue weighted by atomic mass is 16.5. The first-order chi connectivity index (χ1) is 15.9. The first-order valence-corrected chi connectivity index (χ1v) is 11.2. The highest BCUT2D eigenvalue weighted by Crippen LogP contribution is 2.46. The summed E-state index contributed by atoms with van der Waals surface area (Å²) in [5.41, 5.74) is 2.10. The van der Waals surface area contributed by atoms with Crippen LogP contribution in [0.15, 0.2) is 42.5 Å². The van der Waals surface area contributed by atoms with Crippen LogP contribution in [-0.4, -0.2) is 47.4 Å². The lowest BCUT2D eigenvalue weighted by Crippen LogP contribution is -2.49. The molecule has 2 fully saturated rings. The minimum Gasteiger partial charge on any atom is -0.497 e. The van der Waals surface area contributed by atoms with E-state index in [0.29, 0.717) is 24.2 Å². The SMILES string of the molecule is COc1ccc2[nH]c3c(c2c1)CCN1C(=O)N(c2ccccc2C(=O)NC2CC2)C(=O)[C@]31C. The Kier molecular flexibility index (Phi) is 4.11. The number of H-pyrrole nitrogens is 1. The maximum absolute atomic E-state index is 13.9. The van der Waals surface area contributed by atoms with Crippen LogP contribution in [0.3, 0.4) is 0 Å². The van der Waals surface area contributed by atoms with Crippen LogP contribution in [0.4, 0.5) is 10.5 Å². The lowest BCUT2D eigenvalue weighted by molar-refractivity contribution is -0.125. The summed E-state index contributed by atoms with van der Waals surface area (Å²) in [4.78, 5) is 46.5. The number of methoxy groups -OCH3 is 1. The van der Waals surface area contributed by atoms with E-state index in [1.807, 2.05) is 18.2 Å². The van der Waals surface area contributed by atoms with Gasteiger partial charge in [0.15, 0.2) is 5.54 Å². The topological polar surface area (TPSA) is 94.7 Å². The number of nitrogens with zero attached hydrogens (tertiary/aromatic N) is 2. The number of hydrogen-bond acceptors (Lipinski definition) is 4. The number of nitrogens with one attached hydrogen (secondary N) is 2. The van der Waals surface area contributed by atoms with Gasteiger partial charge in [-0.15, -0.1) is 0 Å². The third kappa shape index (κ3) is 2.73. The number of anilines is 1. The zero-order chi connectivity index (χ0) is 22.9. The van der Waals surface area contributed by atoms with Crippen molar-refractivity contribution in [3.05, 3.63) is 59.3 Å². The molecule has 1 saturated heterocycles. The number of carbonyl (C=O) groups is 3. The Morgan fingerprint density at radius 1 is 1.18 bits per heavy atom. The third-order valence-electron chi connectivity index (χ3n) is 7.07. The Hall–Kier alpha value is -3.81. The van der Waals surface area contributed by atoms with Gasteiger partial charge in [-0.05, 0) is 62.1 Å². The fraction of sp³-hybridized carbons (Fsp3) is 0.320. The zero-order valence-corrected chi connectivity index (χ0v) is 18.5. The van der Waals surface area contributed by atoms with Crippen LogP contribution in [0.5, 0.6) is 5.75 Å². The van der Waals surface area contributed by atoms with E-state index in [-0.39, 0.29) is 17.9 Å². The van der Waals surface area contributed by atoms with Crippen molar-refractivity contribution in [2.75, 3.05) is 18.6 Å². The quantitative estimate of drug-likeness (QED) is 0.604. The normalized spacial score (nSPS) is 21.9. The van der Waals surface area contributed by atoms with Crippen molar-refractivity contribution < 1.29 is 19.1 Å². The molecule has 0 bridgehead atoms. The molecule has 1 aromatic heterocycles. The van der Waals surface area contributed by atoms with E-state index in [4.69, 9.17) is 4.74 Å². The summed E-state index contributed by atoms with van der Waals surface area (Å²) in [7, 11) is 1.62. The summed E-state index contributed by atoms with van der Waals surface area (Å²) in [5.74, 6) is 0.115. The van der Waals surface area contributed by atoms with Gasteiger partial charge in [-0.1, -0.05) is 12.1 Å². The van der Waals surface area contributed by atoms with Gasteiger partial charge in [0.1, 0.15) is 5.75 Å². The highest BCUT2D eigenvalue weighted by Gasteiger charge is 2.59. The first-order valence-electron chi connectivity index (χ1n) is 11.2. The number of hydrogen-bond donors (Lipinski definition) is 2. The van der Waals surface area contributed by atoms with E-state index in [9.17, 15) is 14.4 Å². The van der Waals surface area contributed by atoms with Crippen LogP contribution in [0.25, 0.3) is 10.9 Å². The molecule has 1 saturated carbocycles. The van der Waals surface area contributed by atoms with E-state index < -0.39 is 11.6 Å². The van der Waals surface area contributed by atoms with E-state index >= 15 is 0 Å². The van der Waals surface area contributed by atoms with Crippen molar-refractivity contribution in [2.24, 2.45) is 0 Å². The molecule has 168 valence electrons. The van der Waals surface area contributed by atoms with Crippen molar-refractivity contribution >= 4 is 34.4 Å². The summed E-state index contributed by atoms with van der Waals surface area (Å²) >= 11 is 0. The predicted molar refractivity (Wildman–Crippen MR) is 122 cm³/mol. The van der Waals surface area contributed by atoms with Crippen LogP contribution >= 0.6 is 0 Å². The third-order valence-corrected chi connectivity index (χ3v) is 7.07. The first kappa shape index (κ1) is 19.8. The summed E-state index contributed by atoms with van der Waals surface area (Å²) in [6, 6.07) is 12.3. The molecular formula is C25H24N4O4. The maximum atomic E-state index is 13.9. The number of amides is 4. The van der Waals surface area contributed by atoms with Crippen LogP contribution in [-0.2, 0) is 16.8 Å². The van der Waals surface area contributed by atoms with Gasteiger partial charge in [-0.25, -0.2) is 9.69 Å². The fourth-order valence-corrected chi connectivity index (χ4v) is 5.11. The van der Waals surface area contributed by atoms with Gasteiger partial charge in [0, 0.05) is 23.5 Å². The van der Waals surface area contributed by atoms with Crippen molar-refractivity contribution in [3.8, 4) is 5.75 Å². The van der Waals surface area contributed by atoms with Crippen molar-refractivity contribution in [1.29, 1.82) is 0 Å². The van der Waals surface area contributed by atoms with Gasteiger partial charge in [-0.2, -0.15) is 0 Å². The number of aromatic nitrogens is 1. The molecule has 3 aromatic rings. The van der Waals surface area contributed by atoms with E-state index in [1.54, 1.807) is 43.2 Å². The molecule has 1 atom stereocenters. The minimum absolute atomic E-state index is 0.172. The molecule has 0 spiro atoms. The number of benzene rings is 2. The summed E-state index contributed by atoms with van der Waals surface area (Å²) in [6.07, 6.45) is 2.53. The minimum atomic E-state index is -1.18. The Balaban J connectivity index is 1.46. The molecule has 0 radical (unpaired) electrons. The molecular weight excluding hydrogens is 420 g/mol. The Morgan fingerprint density at radius 2 is 1.97 bits per heavy atom. The molecule has 2 aliphatic heterocycles. The molecule has 3 aliphatic rings. The molecule has 33 heavy (non-hydrogen) atoms. The number of fused-ring (bicyclic) bond motifs is 5. The summed E-state index contributed by atoms with van der Waals surface area (Å²) in [5, 5.41) is 3.95. The second-order valence-electron chi connectivity index (χ2n) is 9.05. The molecule has 2 aromatic carbocycles. The average Bonchev–Trinajstić information content (AvgIpc) is 3.52. The van der Waals surface area contributed by atoms with Gasteiger partial charge < -0.3 is 19.9 Å². The maximum Gasteiger partial charge on any atom is 0.332 e. The van der Waals surface area contributed by atoms with Crippen molar-refractivity contribution in [2.45, 2.75) is 37.8 Å².